The topological polar surface area (TPSA) is 60.5 Å². The fourth-order valence-corrected chi connectivity index (χ4v) is 3.51. The number of fused-ring (bicyclic) bond motifs is 1. The number of carbonyl (C=O) groups excluding carboxylic acids is 1. The number of ether oxygens (including phenoxy) is 2. The molecule has 5 heteroatoms. The van der Waals surface area contributed by atoms with Gasteiger partial charge in [0.2, 0.25) is 5.88 Å². The first-order chi connectivity index (χ1) is 14.2. The van der Waals surface area contributed by atoms with E-state index in [1.807, 2.05) is 55.5 Å². The molecule has 0 bridgehead atoms. The second-order valence-corrected chi connectivity index (χ2v) is 7.03. The Labute approximate surface area is 170 Å². The lowest BCUT2D eigenvalue weighted by Gasteiger charge is -2.09. The van der Waals surface area contributed by atoms with Crippen molar-refractivity contribution in [2.24, 2.45) is 0 Å². The highest BCUT2D eigenvalue weighted by Gasteiger charge is 2.14. The van der Waals surface area contributed by atoms with E-state index in [2.05, 4.69) is 16.4 Å². The highest BCUT2D eigenvalue weighted by Crippen LogP contribution is 2.24. The number of hydrogen-bond donors (Lipinski definition) is 1. The van der Waals surface area contributed by atoms with Crippen LogP contribution in [0.15, 0.2) is 60.8 Å². The summed E-state index contributed by atoms with van der Waals surface area (Å²) in [6.45, 7) is 2.99. The maximum absolute atomic E-state index is 12.5. The first-order valence-corrected chi connectivity index (χ1v) is 9.97. The van der Waals surface area contributed by atoms with Crippen molar-refractivity contribution in [2.75, 3.05) is 6.61 Å². The van der Waals surface area contributed by atoms with Gasteiger partial charge in [0.15, 0.2) is 0 Å². The van der Waals surface area contributed by atoms with Crippen LogP contribution in [0.3, 0.4) is 0 Å². The van der Waals surface area contributed by atoms with E-state index in [-0.39, 0.29) is 5.91 Å². The van der Waals surface area contributed by atoms with E-state index < -0.39 is 0 Å². The van der Waals surface area contributed by atoms with Gasteiger partial charge in [0, 0.05) is 24.4 Å². The number of carbonyl (C=O) groups is 1. The zero-order valence-electron chi connectivity index (χ0n) is 16.5. The zero-order valence-corrected chi connectivity index (χ0v) is 16.5. The lowest BCUT2D eigenvalue weighted by molar-refractivity contribution is 0.0950. The van der Waals surface area contributed by atoms with Gasteiger partial charge >= 0.3 is 0 Å². The van der Waals surface area contributed by atoms with Gasteiger partial charge in [-0.05, 0) is 85.3 Å². The van der Waals surface area contributed by atoms with Crippen LogP contribution in [0.1, 0.15) is 40.4 Å². The van der Waals surface area contributed by atoms with Crippen molar-refractivity contribution < 1.29 is 14.3 Å². The fraction of sp³-hybridized carbons (Fsp3) is 0.250. The van der Waals surface area contributed by atoms with E-state index in [9.17, 15) is 4.79 Å². The quantitative estimate of drug-likeness (QED) is 0.638. The van der Waals surface area contributed by atoms with Crippen LogP contribution < -0.4 is 14.8 Å². The van der Waals surface area contributed by atoms with Gasteiger partial charge in [-0.1, -0.05) is 6.07 Å². The van der Waals surface area contributed by atoms with Gasteiger partial charge in [-0.15, -0.1) is 0 Å². The van der Waals surface area contributed by atoms with Gasteiger partial charge in [-0.2, -0.15) is 0 Å². The molecule has 0 unspecified atom stereocenters. The molecule has 5 nitrogen and oxygen atoms in total. The summed E-state index contributed by atoms with van der Waals surface area (Å²) in [5.74, 6) is 1.90. The third-order valence-corrected chi connectivity index (χ3v) is 4.97. The molecule has 0 fully saturated rings. The average Bonchev–Trinajstić information content (AvgIpc) is 3.22. The monoisotopic (exact) mass is 388 g/mol. The standard InChI is InChI=1S/C24H24N2O3/c1-2-28-21-8-10-22(11-9-21)29-23-14-17(12-13-25-23)16-26-24(27)20-7-6-18-4-3-5-19(18)15-20/h6-15H,2-5,16H2,1H3,(H,26,27). The molecule has 1 aliphatic rings. The Hall–Kier alpha value is -3.34. The predicted molar refractivity (Wildman–Crippen MR) is 112 cm³/mol. The van der Waals surface area contributed by atoms with Crippen molar-refractivity contribution in [1.82, 2.24) is 10.3 Å². The van der Waals surface area contributed by atoms with Crippen LogP contribution in [-0.4, -0.2) is 17.5 Å². The number of aryl methyl sites for hydroxylation is 2. The van der Waals surface area contributed by atoms with Crippen molar-refractivity contribution >= 4 is 5.91 Å². The molecule has 0 radical (unpaired) electrons. The van der Waals surface area contributed by atoms with Crippen molar-refractivity contribution in [1.29, 1.82) is 0 Å². The summed E-state index contributed by atoms with van der Waals surface area (Å²) in [5.41, 5.74) is 4.31. The molecular weight excluding hydrogens is 364 g/mol. The third-order valence-electron chi connectivity index (χ3n) is 4.97. The summed E-state index contributed by atoms with van der Waals surface area (Å²) in [6.07, 6.45) is 5.04. The van der Waals surface area contributed by atoms with Crippen LogP contribution in [0.5, 0.6) is 17.4 Å². The molecule has 29 heavy (non-hydrogen) atoms. The lowest BCUT2D eigenvalue weighted by atomic mass is 10.1. The SMILES string of the molecule is CCOc1ccc(Oc2cc(CNC(=O)c3ccc4c(c3)CCC4)ccn2)cc1. The number of pyridine rings is 1. The molecule has 1 N–H and O–H groups in total. The second kappa shape index (κ2) is 8.78. The smallest absolute Gasteiger partial charge is 0.251 e. The molecule has 3 aromatic rings. The Morgan fingerprint density at radius 3 is 2.62 bits per heavy atom. The molecule has 1 amide bonds. The van der Waals surface area contributed by atoms with E-state index in [0.717, 1.165) is 24.2 Å². The Kier molecular flexibility index (Phi) is 5.75. The third kappa shape index (κ3) is 4.74. The fourth-order valence-electron chi connectivity index (χ4n) is 3.51. The molecule has 0 aliphatic heterocycles. The van der Waals surface area contributed by atoms with Gasteiger partial charge in [0.25, 0.3) is 5.91 Å². The van der Waals surface area contributed by atoms with Crippen LogP contribution in [0.25, 0.3) is 0 Å². The number of hydrogen-bond acceptors (Lipinski definition) is 4. The Morgan fingerprint density at radius 1 is 1.00 bits per heavy atom. The van der Waals surface area contributed by atoms with E-state index in [4.69, 9.17) is 9.47 Å². The number of rotatable bonds is 7. The van der Waals surface area contributed by atoms with E-state index in [0.29, 0.717) is 30.3 Å². The number of nitrogens with one attached hydrogen (secondary N) is 1. The largest absolute Gasteiger partial charge is 0.494 e. The van der Waals surface area contributed by atoms with Gasteiger partial charge < -0.3 is 14.8 Å². The van der Waals surface area contributed by atoms with Crippen LogP contribution in [0, 0.1) is 0 Å². The highest BCUT2D eigenvalue weighted by molar-refractivity contribution is 5.94. The average molecular weight is 388 g/mol. The van der Waals surface area contributed by atoms with Gasteiger partial charge in [-0.25, -0.2) is 4.98 Å². The van der Waals surface area contributed by atoms with Gasteiger partial charge in [0.05, 0.1) is 6.61 Å². The Bertz CT molecular complexity index is 999. The summed E-state index contributed by atoms with van der Waals surface area (Å²) >= 11 is 0. The normalized spacial score (nSPS) is 12.3. The molecular formula is C24H24N2O3. The Morgan fingerprint density at radius 2 is 1.79 bits per heavy atom. The van der Waals surface area contributed by atoms with Gasteiger partial charge in [0.1, 0.15) is 11.5 Å². The zero-order chi connectivity index (χ0) is 20.1. The van der Waals surface area contributed by atoms with Crippen molar-refractivity contribution in [2.45, 2.75) is 32.7 Å². The number of amides is 1. The number of benzene rings is 2. The summed E-state index contributed by atoms with van der Waals surface area (Å²) < 4.78 is 11.2. The highest BCUT2D eigenvalue weighted by atomic mass is 16.5. The first kappa shape index (κ1) is 19.0. The van der Waals surface area contributed by atoms with Crippen molar-refractivity contribution in [3.05, 3.63) is 83.0 Å². The minimum atomic E-state index is -0.0644. The predicted octanol–water partition coefficient (Wildman–Crippen LogP) is 4.69. The lowest BCUT2D eigenvalue weighted by Crippen LogP contribution is -2.23. The molecule has 1 aliphatic carbocycles. The molecule has 2 aromatic carbocycles. The molecule has 1 heterocycles. The summed E-state index contributed by atoms with van der Waals surface area (Å²) in [6, 6.07) is 17.1. The summed E-state index contributed by atoms with van der Waals surface area (Å²) in [5, 5.41) is 2.98. The van der Waals surface area contributed by atoms with E-state index in [1.165, 1.54) is 17.5 Å². The molecule has 0 atom stereocenters. The summed E-state index contributed by atoms with van der Waals surface area (Å²) in [4.78, 5) is 16.8. The molecule has 0 saturated carbocycles. The maximum Gasteiger partial charge on any atom is 0.251 e. The number of aromatic nitrogens is 1. The molecule has 148 valence electrons. The van der Waals surface area contributed by atoms with Crippen LogP contribution in [-0.2, 0) is 19.4 Å². The minimum absolute atomic E-state index is 0.0644. The van der Waals surface area contributed by atoms with Crippen LogP contribution in [0.2, 0.25) is 0 Å². The molecule has 4 rings (SSSR count). The summed E-state index contributed by atoms with van der Waals surface area (Å²) in [7, 11) is 0. The number of nitrogens with zero attached hydrogens (tertiary/aromatic N) is 1. The van der Waals surface area contributed by atoms with Crippen LogP contribution >= 0.6 is 0 Å². The molecule has 0 spiro atoms. The Balaban J connectivity index is 1.36. The van der Waals surface area contributed by atoms with Crippen molar-refractivity contribution in [3.63, 3.8) is 0 Å². The van der Waals surface area contributed by atoms with Crippen molar-refractivity contribution in [3.8, 4) is 17.4 Å². The molecule has 1 aromatic heterocycles. The van der Waals surface area contributed by atoms with Gasteiger partial charge in [-0.3, -0.25) is 4.79 Å². The van der Waals surface area contributed by atoms with Crippen LogP contribution in [0.4, 0.5) is 0 Å². The second-order valence-electron chi connectivity index (χ2n) is 7.03. The maximum atomic E-state index is 12.5. The first-order valence-electron chi connectivity index (χ1n) is 9.97. The molecule has 0 saturated heterocycles. The van der Waals surface area contributed by atoms with E-state index in [1.54, 1.807) is 6.20 Å². The minimum Gasteiger partial charge on any atom is -0.494 e. The van der Waals surface area contributed by atoms with E-state index >= 15 is 0 Å².